The SMILES string of the molecule is N#Cc1ccc(CCC(=O)N2CCN(c3ccccn3)C(=O)C2)cc1. The van der Waals surface area contributed by atoms with E-state index in [-0.39, 0.29) is 18.4 Å². The highest BCUT2D eigenvalue weighted by atomic mass is 16.2. The Balaban J connectivity index is 1.54. The van der Waals surface area contributed by atoms with Crippen molar-refractivity contribution in [2.75, 3.05) is 24.5 Å². The first-order valence-electron chi connectivity index (χ1n) is 8.15. The first-order chi connectivity index (χ1) is 12.2. The zero-order chi connectivity index (χ0) is 17.6. The van der Waals surface area contributed by atoms with Crippen LogP contribution in [-0.4, -0.2) is 41.3 Å². The predicted octanol–water partition coefficient (Wildman–Crippen LogP) is 1.76. The average molecular weight is 334 g/mol. The zero-order valence-electron chi connectivity index (χ0n) is 13.8. The molecule has 0 bridgehead atoms. The van der Waals surface area contributed by atoms with E-state index in [0.29, 0.717) is 37.3 Å². The summed E-state index contributed by atoms with van der Waals surface area (Å²) < 4.78 is 0. The lowest BCUT2D eigenvalue weighted by atomic mass is 10.1. The van der Waals surface area contributed by atoms with E-state index in [1.807, 2.05) is 18.2 Å². The van der Waals surface area contributed by atoms with E-state index >= 15 is 0 Å². The van der Waals surface area contributed by atoms with Crippen molar-refractivity contribution in [1.29, 1.82) is 5.26 Å². The number of nitrogens with zero attached hydrogens (tertiary/aromatic N) is 4. The van der Waals surface area contributed by atoms with Crippen molar-refractivity contribution in [3.63, 3.8) is 0 Å². The Morgan fingerprint density at radius 3 is 2.60 bits per heavy atom. The quantitative estimate of drug-likeness (QED) is 0.854. The molecule has 0 radical (unpaired) electrons. The molecule has 6 nitrogen and oxygen atoms in total. The van der Waals surface area contributed by atoms with Gasteiger partial charge in [-0.1, -0.05) is 18.2 Å². The molecule has 0 saturated carbocycles. The van der Waals surface area contributed by atoms with E-state index in [2.05, 4.69) is 11.1 Å². The Morgan fingerprint density at radius 2 is 1.96 bits per heavy atom. The summed E-state index contributed by atoms with van der Waals surface area (Å²) in [4.78, 5) is 32.1. The van der Waals surface area contributed by atoms with E-state index < -0.39 is 0 Å². The smallest absolute Gasteiger partial charge is 0.247 e. The molecule has 1 fully saturated rings. The molecule has 0 N–H and O–H groups in total. The van der Waals surface area contributed by atoms with Crippen LogP contribution in [0.3, 0.4) is 0 Å². The molecule has 1 aliphatic rings. The van der Waals surface area contributed by atoms with Crippen LogP contribution in [0, 0.1) is 11.3 Å². The molecule has 0 unspecified atom stereocenters. The van der Waals surface area contributed by atoms with Crippen LogP contribution in [-0.2, 0) is 16.0 Å². The van der Waals surface area contributed by atoms with Crippen molar-refractivity contribution in [3.05, 3.63) is 59.8 Å². The Hall–Kier alpha value is -3.20. The van der Waals surface area contributed by atoms with Crippen LogP contribution in [0.1, 0.15) is 17.5 Å². The number of hydrogen-bond donors (Lipinski definition) is 0. The number of benzene rings is 1. The summed E-state index contributed by atoms with van der Waals surface area (Å²) in [5.41, 5.74) is 1.61. The van der Waals surface area contributed by atoms with Gasteiger partial charge < -0.3 is 4.90 Å². The number of aryl methyl sites for hydroxylation is 1. The Kier molecular flexibility index (Phi) is 5.05. The summed E-state index contributed by atoms with van der Waals surface area (Å²) in [5.74, 6) is 0.479. The molecule has 0 spiro atoms. The van der Waals surface area contributed by atoms with Gasteiger partial charge in [0.2, 0.25) is 11.8 Å². The first-order valence-corrected chi connectivity index (χ1v) is 8.15. The summed E-state index contributed by atoms with van der Waals surface area (Å²) in [6.45, 7) is 1.05. The molecule has 1 saturated heterocycles. The molecule has 1 aromatic heterocycles. The summed E-state index contributed by atoms with van der Waals surface area (Å²) in [7, 11) is 0. The van der Waals surface area contributed by atoms with E-state index in [1.165, 1.54) is 0 Å². The first kappa shape index (κ1) is 16.7. The van der Waals surface area contributed by atoms with Gasteiger partial charge in [0.05, 0.1) is 11.6 Å². The third-order valence-corrected chi connectivity index (χ3v) is 4.21. The van der Waals surface area contributed by atoms with Gasteiger partial charge in [-0.05, 0) is 36.2 Å². The fourth-order valence-corrected chi connectivity index (χ4v) is 2.80. The number of carbonyl (C=O) groups is 2. The lowest BCUT2D eigenvalue weighted by Gasteiger charge is -2.33. The summed E-state index contributed by atoms with van der Waals surface area (Å²) >= 11 is 0. The van der Waals surface area contributed by atoms with Gasteiger partial charge >= 0.3 is 0 Å². The second kappa shape index (κ2) is 7.58. The number of carbonyl (C=O) groups excluding carboxylic acids is 2. The van der Waals surface area contributed by atoms with Crippen molar-refractivity contribution in [2.45, 2.75) is 12.8 Å². The maximum atomic E-state index is 12.4. The number of pyridine rings is 1. The summed E-state index contributed by atoms with van der Waals surface area (Å²) in [6.07, 6.45) is 2.60. The highest BCUT2D eigenvalue weighted by Crippen LogP contribution is 2.15. The number of nitriles is 1. The van der Waals surface area contributed by atoms with E-state index in [0.717, 1.165) is 5.56 Å². The minimum absolute atomic E-state index is 0.0293. The number of piperazine rings is 1. The lowest BCUT2D eigenvalue weighted by molar-refractivity contribution is -0.136. The molecule has 6 heteroatoms. The Morgan fingerprint density at radius 1 is 1.16 bits per heavy atom. The molecule has 126 valence electrons. The monoisotopic (exact) mass is 334 g/mol. The third kappa shape index (κ3) is 4.01. The van der Waals surface area contributed by atoms with Crippen LogP contribution >= 0.6 is 0 Å². The molecule has 2 amide bonds. The highest BCUT2D eigenvalue weighted by Gasteiger charge is 2.28. The maximum Gasteiger partial charge on any atom is 0.247 e. The number of anilines is 1. The van der Waals surface area contributed by atoms with E-state index in [1.54, 1.807) is 40.3 Å². The molecule has 3 rings (SSSR count). The second-order valence-electron chi connectivity index (χ2n) is 5.86. The average Bonchev–Trinajstić information content (AvgIpc) is 2.67. The predicted molar refractivity (Wildman–Crippen MR) is 92.6 cm³/mol. The summed E-state index contributed by atoms with van der Waals surface area (Å²) in [5, 5.41) is 8.79. The second-order valence-corrected chi connectivity index (χ2v) is 5.86. The fourth-order valence-electron chi connectivity index (χ4n) is 2.80. The van der Waals surface area contributed by atoms with Crippen LogP contribution in [0.25, 0.3) is 0 Å². The van der Waals surface area contributed by atoms with Gasteiger partial charge in [-0.2, -0.15) is 5.26 Å². The standard InChI is InChI=1S/C19H18N4O2/c20-13-16-6-4-15(5-7-16)8-9-18(24)22-11-12-23(19(25)14-22)17-3-1-2-10-21-17/h1-7,10H,8-9,11-12,14H2. The molecular weight excluding hydrogens is 316 g/mol. The van der Waals surface area contributed by atoms with Crippen LogP contribution in [0.2, 0.25) is 0 Å². The molecule has 2 heterocycles. The number of hydrogen-bond acceptors (Lipinski definition) is 4. The normalized spacial score (nSPS) is 14.3. The third-order valence-electron chi connectivity index (χ3n) is 4.21. The van der Waals surface area contributed by atoms with Gasteiger partial charge in [-0.25, -0.2) is 4.98 Å². The van der Waals surface area contributed by atoms with Crippen molar-refractivity contribution >= 4 is 17.6 Å². The van der Waals surface area contributed by atoms with Gasteiger partial charge in [0, 0.05) is 25.7 Å². The van der Waals surface area contributed by atoms with Gasteiger partial charge in [0.1, 0.15) is 12.4 Å². The van der Waals surface area contributed by atoms with Crippen molar-refractivity contribution < 1.29 is 9.59 Å². The molecular formula is C19H18N4O2. The van der Waals surface area contributed by atoms with E-state index in [9.17, 15) is 9.59 Å². The van der Waals surface area contributed by atoms with Crippen LogP contribution in [0.4, 0.5) is 5.82 Å². The van der Waals surface area contributed by atoms with Crippen LogP contribution < -0.4 is 4.90 Å². The zero-order valence-corrected chi connectivity index (χ0v) is 13.8. The molecule has 1 aliphatic heterocycles. The van der Waals surface area contributed by atoms with Gasteiger partial charge in [-0.3, -0.25) is 14.5 Å². The Labute approximate surface area is 146 Å². The summed E-state index contributed by atoms with van der Waals surface area (Å²) in [6, 6.07) is 14.7. The minimum atomic E-state index is -0.114. The highest BCUT2D eigenvalue weighted by molar-refractivity contribution is 5.97. The molecule has 2 aromatic rings. The van der Waals surface area contributed by atoms with Crippen LogP contribution in [0.15, 0.2) is 48.7 Å². The topological polar surface area (TPSA) is 77.3 Å². The number of amides is 2. The Bertz CT molecular complexity index is 796. The minimum Gasteiger partial charge on any atom is -0.332 e. The van der Waals surface area contributed by atoms with Gasteiger partial charge in [-0.15, -0.1) is 0 Å². The van der Waals surface area contributed by atoms with Crippen molar-refractivity contribution in [3.8, 4) is 6.07 Å². The fraction of sp³-hybridized carbons (Fsp3) is 0.263. The van der Waals surface area contributed by atoms with Crippen LogP contribution in [0.5, 0.6) is 0 Å². The lowest BCUT2D eigenvalue weighted by Crippen LogP contribution is -2.52. The molecule has 0 atom stereocenters. The molecule has 25 heavy (non-hydrogen) atoms. The molecule has 0 aliphatic carbocycles. The number of rotatable bonds is 4. The van der Waals surface area contributed by atoms with Gasteiger partial charge in [0.25, 0.3) is 0 Å². The maximum absolute atomic E-state index is 12.4. The van der Waals surface area contributed by atoms with Crippen molar-refractivity contribution in [1.82, 2.24) is 9.88 Å². The van der Waals surface area contributed by atoms with Crippen molar-refractivity contribution in [2.24, 2.45) is 0 Å². The number of aromatic nitrogens is 1. The molecule has 1 aromatic carbocycles. The van der Waals surface area contributed by atoms with Gasteiger partial charge in [0.15, 0.2) is 0 Å². The van der Waals surface area contributed by atoms with E-state index in [4.69, 9.17) is 5.26 Å². The largest absolute Gasteiger partial charge is 0.332 e.